The molecule has 3 N–H and O–H groups in total. The number of rotatable bonds is 6. The van der Waals surface area contributed by atoms with E-state index in [1.807, 2.05) is 19.1 Å². The fraction of sp³-hybridized carbons (Fsp3) is 0.571. The number of hydrogen-bond donors (Lipinski definition) is 2. The minimum Gasteiger partial charge on any atom is -0.389 e. The summed E-state index contributed by atoms with van der Waals surface area (Å²) in [4.78, 5) is 4.80. The number of anilines is 1. The van der Waals surface area contributed by atoms with Gasteiger partial charge >= 0.3 is 0 Å². The van der Waals surface area contributed by atoms with E-state index in [9.17, 15) is 0 Å². The standard InChI is InChI=1S/C14H21N3OS/c1-10-6-7-12(13(15)19)14(17-10)16-8-9-18-11-4-2-3-5-11/h6-7,11H,2-5,8-9H2,1H3,(H2,15,19)(H,16,17). The Kier molecular flexibility index (Phi) is 5.10. The van der Waals surface area contributed by atoms with Crippen LogP contribution < -0.4 is 11.1 Å². The Bertz CT molecular complexity index is 444. The molecule has 0 bridgehead atoms. The Morgan fingerprint density at radius 2 is 2.21 bits per heavy atom. The maximum atomic E-state index is 5.80. The van der Waals surface area contributed by atoms with Gasteiger partial charge in [0.2, 0.25) is 0 Å². The van der Waals surface area contributed by atoms with Crippen LogP contribution in [-0.2, 0) is 4.74 Å². The second-order valence-corrected chi connectivity index (χ2v) is 5.36. The third kappa shape index (κ3) is 4.14. The average molecular weight is 279 g/mol. The molecule has 0 atom stereocenters. The lowest BCUT2D eigenvalue weighted by Gasteiger charge is -2.13. The molecule has 2 rings (SSSR count). The van der Waals surface area contributed by atoms with Crippen molar-refractivity contribution in [2.45, 2.75) is 38.7 Å². The molecule has 1 heterocycles. The molecule has 0 saturated heterocycles. The third-order valence-corrected chi connectivity index (χ3v) is 3.57. The van der Waals surface area contributed by atoms with E-state index < -0.39 is 0 Å². The van der Waals surface area contributed by atoms with Crippen LogP contribution in [0.4, 0.5) is 5.82 Å². The fourth-order valence-electron chi connectivity index (χ4n) is 2.34. The van der Waals surface area contributed by atoms with Gasteiger partial charge < -0.3 is 15.8 Å². The summed E-state index contributed by atoms with van der Waals surface area (Å²) in [5.41, 5.74) is 7.43. The van der Waals surface area contributed by atoms with Crippen LogP contribution >= 0.6 is 12.2 Å². The van der Waals surface area contributed by atoms with Crippen molar-refractivity contribution < 1.29 is 4.74 Å². The van der Waals surface area contributed by atoms with Gasteiger partial charge in [0.25, 0.3) is 0 Å². The Morgan fingerprint density at radius 3 is 2.89 bits per heavy atom. The molecule has 1 aliphatic rings. The number of aryl methyl sites for hydroxylation is 1. The van der Waals surface area contributed by atoms with Crippen molar-refractivity contribution in [3.8, 4) is 0 Å². The molecule has 0 amide bonds. The molecular weight excluding hydrogens is 258 g/mol. The predicted molar refractivity (Wildman–Crippen MR) is 81.6 cm³/mol. The molecule has 1 aromatic rings. The smallest absolute Gasteiger partial charge is 0.136 e. The van der Waals surface area contributed by atoms with E-state index in [2.05, 4.69) is 10.3 Å². The zero-order valence-corrected chi connectivity index (χ0v) is 12.1. The maximum Gasteiger partial charge on any atom is 0.136 e. The second-order valence-electron chi connectivity index (χ2n) is 4.92. The number of thiocarbonyl (C=S) groups is 1. The SMILES string of the molecule is Cc1ccc(C(N)=S)c(NCCOC2CCCC2)n1. The Hall–Kier alpha value is -1.20. The fourth-order valence-corrected chi connectivity index (χ4v) is 2.51. The van der Waals surface area contributed by atoms with E-state index in [1.54, 1.807) is 0 Å². The van der Waals surface area contributed by atoms with Crippen LogP contribution in [0.5, 0.6) is 0 Å². The molecule has 1 aliphatic carbocycles. The summed E-state index contributed by atoms with van der Waals surface area (Å²) in [6.07, 6.45) is 5.43. The first-order chi connectivity index (χ1) is 9.16. The predicted octanol–water partition coefficient (Wildman–Crippen LogP) is 2.40. The van der Waals surface area contributed by atoms with Gasteiger partial charge in [0.1, 0.15) is 10.8 Å². The van der Waals surface area contributed by atoms with Crippen molar-refractivity contribution >= 4 is 23.0 Å². The van der Waals surface area contributed by atoms with Gasteiger partial charge in [-0.1, -0.05) is 25.1 Å². The number of nitrogens with two attached hydrogens (primary N) is 1. The molecule has 1 aromatic heterocycles. The van der Waals surface area contributed by atoms with Gasteiger partial charge in [0.05, 0.1) is 18.3 Å². The monoisotopic (exact) mass is 279 g/mol. The van der Waals surface area contributed by atoms with Crippen molar-refractivity contribution in [2.75, 3.05) is 18.5 Å². The molecule has 19 heavy (non-hydrogen) atoms. The molecule has 4 nitrogen and oxygen atoms in total. The van der Waals surface area contributed by atoms with E-state index in [1.165, 1.54) is 25.7 Å². The van der Waals surface area contributed by atoms with Crippen LogP contribution in [0.1, 0.15) is 36.9 Å². The van der Waals surface area contributed by atoms with Crippen LogP contribution in [0.15, 0.2) is 12.1 Å². The molecule has 104 valence electrons. The van der Waals surface area contributed by atoms with Crippen LogP contribution in [0.2, 0.25) is 0 Å². The molecule has 0 radical (unpaired) electrons. The number of aromatic nitrogens is 1. The molecule has 0 unspecified atom stereocenters. The van der Waals surface area contributed by atoms with E-state index in [0.29, 0.717) is 17.7 Å². The molecule has 1 fully saturated rings. The molecule has 1 saturated carbocycles. The normalized spacial score (nSPS) is 15.6. The summed E-state index contributed by atoms with van der Waals surface area (Å²) in [6, 6.07) is 3.82. The molecule has 0 aromatic carbocycles. The van der Waals surface area contributed by atoms with Crippen molar-refractivity contribution in [2.24, 2.45) is 5.73 Å². The third-order valence-electron chi connectivity index (χ3n) is 3.35. The highest BCUT2D eigenvalue weighted by molar-refractivity contribution is 7.80. The Labute approximate surface area is 119 Å². The van der Waals surface area contributed by atoms with Gasteiger partial charge in [0.15, 0.2) is 0 Å². The van der Waals surface area contributed by atoms with E-state index in [0.717, 1.165) is 23.6 Å². The van der Waals surface area contributed by atoms with Crippen LogP contribution in [0.3, 0.4) is 0 Å². The highest BCUT2D eigenvalue weighted by atomic mass is 32.1. The lowest BCUT2D eigenvalue weighted by Crippen LogP contribution is -2.19. The van der Waals surface area contributed by atoms with Gasteiger partial charge in [-0.2, -0.15) is 0 Å². The van der Waals surface area contributed by atoms with Gasteiger partial charge in [-0.25, -0.2) is 4.98 Å². The van der Waals surface area contributed by atoms with Crippen molar-refractivity contribution in [1.82, 2.24) is 4.98 Å². The minimum absolute atomic E-state index is 0.367. The zero-order valence-electron chi connectivity index (χ0n) is 11.3. The first-order valence-corrected chi connectivity index (χ1v) is 7.20. The van der Waals surface area contributed by atoms with E-state index >= 15 is 0 Å². The number of hydrogen-bond acceptors (Lipinski definition) is 4. The number of nitrogens with zero attached hydrogens (tertiary/aromatic N) is 1. The molecule has 5 heteroatoms. The van der Waals surface area contributed by atoms with Crippen molar-refractivity contribution in [3.05, 3.63) is 23.4 Å². The summed E-state index contributed by atoms with van der Waals surface area (Å²) < 4.78 is 5.80. The molecular formula is C14H21N3OS. The Morgan fingerprint density at radius 1 is 1.47 bits per heavy atom. The summed E-state index contributed by atoms with van der Waals surface area (Å²) in [5, 5.41) is 3.26. The van der Waals surface area contributed by atoms with Crippen LogP contribution in [0, 0.1) is 6.92 Å². The lowest BCUT2D eigenvalue weighted by molar-refractivity contribution is 0.0658. The highest BCUT2D eigenvalue weighted by Gasteiger charge is 2.14. The van der Waals surface area contributed by atoms with Gasteiger partial charge in [0, 0.05) is 12.2 Å². The summed E-state index contributed by atoms with van der Waals surface area (Å²) >= 11 is 5.03. The molecule has 0 spiro atoms. The maximum absolute atomic E-state index is 5.80. The second kappa shape index (κ2) is 6.82. The van der Waals surface area contributed by atoms with Gasteiger partial charge in [-0.15, -0.1) is 0 Å². The average Bonchev–Trinajstić information content (AvgIpc) is 2.87. The zero-order chi connectivity index (χ0) is 13.7. The minimum atomic E-state index is 0.367. The van der Waals surface area contributed by atoms with E-state index in [-0.39, 0.29) is 0 Å². The van der Waals surface area contributed by atoms with E-state index in [4.69, 9.17) is 22.7 Å². The molecule has 0 aliphatic heterocycles. The van der Waals surface area contributed by atoms with Crippen LogP contribution in [-0.4, -0.2) is 29.2 Å². The first-order valence-electron chi connectivity index (χ1n) is 6.80. The number of pyridine rings is 1. The van der Waals surface area contributed by atoms with Gasteiger partial charge in [-0.05, 0) is 31.9 Å². The summed E-state index contributed by atoms with van der Waals surface area (Å²) in [5.74, 6) is 0.752. The quantitative estimate of drug-likeness (QED) is 0.618. The first kappa shape index (κ1) is 14.2. The van der Waals surface area contributed by atoms with Crippen molar-refractivity contribution in [1.29, 1.82) is 0 Å². The topological polar surface area (TPSA) is 60.2 Å². The lowest BCUT2D eigenvalue weighted by atomic mass is 10.2. The van der Waals surface area contributed by atoms with Gasteiger partial charge in [-0.3, -0.25) is 0 Å². The largest absolute Gasteiger partial charge is 0.389 e. The highest BCUT2D eigenvalue weighted by Crippen LogP contribution is 2.20. The Balaban J connectivity index is 1.84. The number of nitrogens with one attached hydrogen (secondary N) is 1. The van der Waals surface area contributed by atoms with Crippen LogP contribution in [0.25, 0.3) is 0 Å². The van der Waals surface area contributed by atoms with Crippen molar-refractivity contribution in [3.63, 3.8) is 0 Å². The summed E-state index contributed by atoms with van der Waals surface area (Å²) in [6.45, 7) is 3.36. The summed E-state index contributed by atoms with van der Waals surface area (Å²) in [7, 11) is 0. The number of ether oxygens (including phenoxy) is 1.